The molecule has 1 unspecified atom stereocenters. The average Bonchev–Trinajstić information content (AvgIpc) is 3.08. The Morgan fingerprint density at radius 1 is 1.12 bits per heavy atom. The summed E-state index contributed by atoms with van der Waals surface area (Å²) >= 11 is 1.52. The minimum Gasteiger partial charge on any atom is -0.467 e. The Morgan fingerprint density at radius 3 is 2.42 bits per heavy atom. The van der Waals surface area contributed by atoms with Crippen molar-refractivity contribution in [2.75, 3.05) is 11.9 Å². The van der Waals surface area contributed by atoms with Gasteiger partial charge in [0.2, 0.25) is 5.88 Å². The summed E-state index contributed by atoms with van der Waals surface area (Å²) in [4.78, 5) is 22.5. The molecule has 1 aromatic carbocycles. The Kier molecular flexibility index (Phi) is 5.97. The van der Waals surface area contributed by atoms with Crippen molar-refractivity contribution in [3.05, 3.63) is 46.1 Å². The van der Waals surface area contributed by atoms with E-state index in [1.165, 1.54) is 22.5 Å². The highest BCUT2D eigenvalue weighted by Crippen LogP contribution is 2.40. The van der Waals surface area contributed by atoms with Crippen molar-refractivity contribution in [2.45, 2.75) is 38.5 Å². The van der Waals surface area contributed by atoms with Crippen LogP contribution in [0.2, 0.25) is 0 Å². The van der Waals surface area contributed by atoms with Crippen molar-refractivity contribution >= 4 is 33.1 Å². The number of hydrogen-bond donors (Lipinski definition) is 1. The number of carbonyl (C=O) groups is 1. The molecule has 0 saturated carbocycles. The molecule has 1 aliphatic rings. The Bertz CT molecular complexity index is 1170. The summed E-state index contributed by atoms with van der Waals surface area (Å²) < 4.78 is 83.5. The molecule has 2 heterocycles. The van der Waals surface area contributed by atoms with E-state index in [-0.39, 0.29) is 11.9 Å². The molecule has 3 aromatic rings. The number of amides is 1. The van der Waals surface area contributed by atoms with Crippen LogP contribution in [0.4, 0.5) is 32.0 Å². The number of fused-ring (bicyclic) bond motifs is 3. The van der Waals surface area contributed by atoms with E-state index in [2.05, 4.69) is 16.9 Å². The zero-order valence-electron chi connectivity index (χ0n) is 17.1. The van der Waals surface area contributed by atoms with Crippen molar-refractivity contribution in [3.8, 4) is 5.88 Å². The Morgan fingerprint density at radius 2 is 1.79 bits per heavy atom. The summed E-state index contributed by atoms with van der Waals surface area (Å²) in [7, 11) is 0. The number of aromatic nitrogens is 2. The third-order valence-corrected chi connectivity index (χ3v) is 6.43. The van der Waals surface area contributed by atoms with Gasteiger partial charge in [-0.05, 0) is 48.9 Å². The smallest absolute Gasteiger partial charge is 0.416 e. The second-order valence-corrected chi connectivity index (χ2v) is 8.93. The third kappa shape index (κ3) is 5.05. The molecule has 1 N–H and O–H groups in total. The first kappa shape index (κ1) is 23.3. The first-order valence-corrected chi connectivity index (χ1v) is 10.7. The van der Waals surface area contributed by atoms with E-state index in [0.717, 1.165) is 24.8 Å². The fraction of sp³-hybridized carbons (Fsp3) is 0.381. The number of alkyl halides is 6. The molecule has 0 saturated heterocycles. The molecule has 0 aliphatic heterocycles. The molecule has 0 fully saturated rings. The zero-order chi connectivity index (χ0) is 24.0. The standard InChI is InChI=1S/C21H17F6N3O2S/c1-10-2-3-14-15(4-10)33-19-17(14)18(28-9-29-19)32-8-16(31)30-13-6-11(20(22,23)24)5-12(7-13)21(25,26)27/h5-7,9-10H,2-4,8H2,1H3,(H,30,31). The first-order valence-electron chi connectivity index (χ1n) is 9.89. The molecule has 0 radical (unpaired) electrons. The van der Waals surface area contributed by atoms with Crippen LogP contribution in [0.5, 0.6) is 5.88 Å². The largest absolute Gasteiger partial charge is 0.467 e. The summed E-state index contributed by atoms with van der Waals surface area (Å²) in [5.41, 5.74) is -2.63. The molecule has 12 heteroatoms. The van der Waals surface area contributed by atoms with Gasteiger partial charge in [-0.1, -0.05) is 6.92 Å². The van der Waals surface area contributed by atoms with Crippen LogP contribution in [0.15, 0.2) is 24.5 Å². The van der Waals surface area contributed by atoms with Gasteiger partial charge in [0.1, 0.15) is 11.2 Å². The van der Waals surface area contributed by atoms with E-state index in [4.69, 9.17) is 4.74 Å². The number of benzene rings is 1. The molecule has 2 aromatic heterocycles. The van der Waals surface area contributed by atoms with Crippen LogP contribution in [0, 0.1) is 5.92 Å². The van der Waals surface area contributed by atoms with E-state index in [9.17, 15) is 31.1 Å². The van der Waals surface area contributed by atoms with Gasteiger partial charge >= 0.3 is 12.4 Å². The number of anilines is 1. The summed E-state index contributed by atoms with van der Waals surface area (Å²) in [5.74, 6) is -0.239. The molecule has 1 amide bonds. The van der Waals surface area contributed by atoms with E-state index in [1.807, 2.05) is 5.32 Å². The highest BCUT2D eigenvalue weighted by molar-refractivity contribution is 7.18. The van der Waals surface area contributed by atoms with Crippen molar-refractivity contribution in [1.29, 1.82) is 0 Å². The van der Waals surface area contributed by atoms with E-state index in [0.29, 0.717) is 28.3 Å². The maximum atomic E-state index is 13.0. The number of nitrogens with zero attached hydrogens (tertiary/aromatic N) is 2. The monoisotopic (exact) mass is 489 g/mol. The quantitative estimate of drug-likeness (QED) is 0.466. The van der Waals surface area contributed by atoms with E-state index in [1.54, 1.807) is 0 Å². The van der Waals surface area contributed by atoms with E-state index < -0.39 is 41.7 Å². The van der Waals surface area contributed by atoms with Gasteiger partial charge in [-0.25, -0.2) is 9.97 Å². The van der Waals surface area contributed by atoms with Crippen LogP contribution in [-0.4, -0.2) is 22.5 Å². The average molecular weight is 489 g/mol. The number of ether oxygens (including phenoxy) is 1. The lowest BCUT2D eigenvalue weighted by molar-refractivity contribution is -0.143. The first-order chi connectivity index (χ1) is 15.4. The highest BCUT2D eigenvalue weighted by atomic mass is 32.1. The van der Waals surface area contributed by atoms with Crippen LogP contribution in [0.25, 0.3) is 10.2 Å². The fourth-order valence-corrected chi connectivity index (χ4v) is 5.05. The lowest BCUT2D eigenvalue weighted by atomic mass is 9.89. The lowest BCUT2D eigenvalue weighted by Crippen LogP contribution is -2.21. The Labute approximate surface area is 187 Å². The third-order valence-electron chi connectivity index (χ3n) is 5.27. The van der Waals surface area contributed by atoms with Crippen molar-refractivity contribution in [1.82, 2.24) is 9.97 Å². The van der Waals surface area contributed by atoms with Crippen LogP contribution in [0.1, 0.15) is 34.9 Å². The van der Waals surface area contributed by atoms with Crippen molar-refractivity contribution < 1.29 is 35.9 Å². The number of thiophene rings is 1. The minimum atomic E-state index is -5.01. The predicted octanol–water partition coefficient (Wildman–Crippen LogP) is 5.87. The molecule has 5 nitrogen and oxygen atoms in total. The molecule has 1 atom stereocenters. The highest BCUT2D eigenvalue weighted by Gasteiger charge is 2.37. The van der Waals surface area contributed by atoms with Crippen LogP contribution >= 0.6 is 11.3 Å². The number of rotatable bonds is 4. The van der Waals surface area contributed by atoms with Gasteiger partial charge in [0.05, 0.1) is 16.5 Å². The van der Waals surface area contributed by atoms with Gasteiger partial charge in [0.25, 0.3) is 5.91 Å². The van der Waals surface area contributed by atoms with Gasteiger partial charge in [-0.2, -0.15) is 26.3 Å². The van der Waals surface area contributed by atoms with Gasteiger partial charge in [-0.3, -0.25) is 4.79 Å². The predicted molar refractivity (Wildman–Crippen MR) is 109 cm³/mol. The van der Waals surface area contributed by atoms with Gasteiger partial charge in [-0.15, -0.1) is 11.3 Å². The summed E-state index contributed by atoms with van der Waals surface area (Å²) in [6.45, 7) is 1.50. The Balaban J connectivity index is 1.53. The second-order valence-electron chi connectivity index (χ2n) is 7.84. The summed E-state index contributed by atoms with van der Waals surface area (Å²) in [6, 6.07) is 0.864. The number of nitrogens with one attached hydrogen (secondary N) is 1. The Hall–Kier alpha value is -2.89. The maximum Gasteiger partial charge on any atom is 0.416 e. The van der Waals surface area contributed by atoms with Crippen LogP contribution in [-0.2, 0) is 30.0 Å². The van der Waals surface area contributed by atoms with Gasteiger partial charge < -0.3 is 10.1 Å². The van der Waals surface area contributed by atoms with Gasteiger partial charge in [0.15, 0.2) is 6.61 Å². The number of halogens is 6. The van der Waals surface area contributed by atoms with Crippen LogP contribution in [0.3, 0.4) is 0 Å². The molecule has 4 rings (SSSR count). The molecular formula is C21H17F6N3O2S. The molecular weight excluding hydrogens is 472 g/mol. The number of aryl methyl sites for hydroxylation is 1. The maximum absolute atomic E-state index is 13.0. The van der Waals surface area contributed by atoms with E-state index >= 15 is 0 Å². The summed E-state index contributed by atoms with van der Waals surface area (Å²) in [6.07, 6.45) is -6.07. The molecule has 0 bridgehead atoms. The number of carbonyl (C=O) groups excluding carboxylic acids is 1. The SMILES string of the molecule is CC1CCc2c(sc3ncnc(OCC(=O)Nc4cc(C(F)(F)F)cc(C(F)(F)F)c4)c23)C1. The molecule has 33 heavy (non-hydrogen) atoms. The normalized spacial score (nSPS) is 16.5. The van der Waals surface area contributed by atoms with Gasteiger partial charge in [0, 0.05) is 10.6 Å². The van der Waals surface area contributed by atoms with Crippen molar-refractivity contribution in [3.63, 3.8) is 0 Å². The topological polar surface area (TPSA) is 64.1 Å². The fourth-order valence-electron chi connectivity index (χ4n) is 3.71. The number of hydrogen-bond acceptors (Lipinski definition) is 5. The molecule has 176 valence electrons. The lowest BCUT2D eigenvalue weighted by Gasteiger charge is -2.18. The van der Waals surface area contributed by atoms with Crippen LogP contribution < -0.4 is 10.1 Å². The molecule has 0 spiro atoms. The second kappa shape index (κ2) is 8.47. The summed E-state index contributed by atoms with van der Waals surface area (Å²) in [5, 5.41) is 2.73. The zero-order valence-corrected chi connectivity index (χ0v) is 17.9. The minimum absolute atomic E-state index is 0.00957. The molecule has 1 aliphatic carbocycles. The van der Waals surface area contributed by atoms with Crippen molar-refractivity contribution in [2.24, 2.45) is 5.92 Å².